The van der Waals surface area contributed by atoms with Crippen molar-refractivity contribution >= 4 is 45.0 Å². The Labute approximate surface area is 200 Å². The standard InChI is InChI=1S/C21H22ClN3O8S/c1-12(13(2)26)18(24-34(31,32)17-10-8-16(9-11-17)25(29)30)20(27)23-19(21(28)33-3)14-4-6-15(22)7-5-14/h4-12,18-19,24H,1-3H3,(H,23,27)/t12-,18-,19-/m0/s1. The summed E-state index contributed by atoms with van der Waals surface area (Å²) in [6.07, 6.45) is 0. The van der Waals surface area contributed by atoms with Crippen molar-refractivity contribution in [2.24, 2.45) is 5.92 Å². The first-order valence-electron chi connectivity index (χ1n) is 9.78. The number of methoxy groups -OCH3 is 1. The lowest BCUT2D eigenvalue weighted by Gasteiger charge is -2.25. The molecule has 0 saturated heterocycles. The summed E-state index contributed by atoms with van der Waals surface area (Å²) in [5.41, 5.74) is -0.00807. The highest BCUT2D eigenvalue weighted by atomic mass is 35.5. The molecule has 0 radical (unpaired) electrons. The van der Waals surface area contributed by atoms with E-state index in [9.17, 15) is 32.9 Å². The van der Waals surface area contributed by atoms with Gasteiger partial charge >= 0.3 is 5.97 Å². The Morgan fingerprint density at radius 3 is 2.09 bits per heavy atom. The Morgan fingerprint density at radius 1 is 1.06 bits per heavy atom. The number of ketones is 1. The van der Waals surface area contributed by atoms with E-state index < -0.39 is 50.6 Å². The predicted molar refractivity (Wildman–Crippen MR) is 121 cm³/mol. The van der Waals surface area contributed by atoms with E-state index >= 15 is 0 Å². The highest BCUT2D eigenvalue weighted by Gasteiger charge is 2.35. The smallest absolute Gasteiger partial charge is 0.333 e. The lowest BCUT2D eigenvalue weighted by Crippen LogP contribution is -2.53. The van der Waals surface area contributed by atoms with Gasteiger partial charge in [0.05, 0.1) is 16.9 Å². The third kappa shape index (κ3) is 6.59. The first kappa shape index (κ1) is 26.9. The van der Waals surface area contributed by atoms with E-state index in [1.807, 2.05) is 0 Å². The molecule has 13 heteroatoms. The van der Waals surface area contributed by atoms with Crippen molar-refractivity contribution in [2.75, 3.05) is 7.11 Å². The SMILES string of the molecule is COC(=O)[C@@H](NC(=O)[C@@H](NS(=O)(=O)c1ccc([N+](=O)[O-])cc1)[C@@H](C)C(C)=O)c1ccc(Cl)cc1. The minimum absolute atomic E-state index is 0.317. The van der Waals surface area contributed by atoms with E-state index in [0.29, 0.717) is 10.6 Å². The largest absolute Gasteiger partial charge is 0.467 e. The molecule has 0 spiro atoms. The van der Waals surface area contributed by atoms with Gasteiger partial charge in [0.15, 0.2) is 6.04 Å². The van der Waals surface area contributed by atoms with Gasteiger partial charge < -0.3 is 10.1 Å². The van der Waals surface area contributed by atoms with Crippen LogP contribution in [0.1, 0.15) is 25.5 Å². The van der Waals surface area contributed by atoms with Crippen molar-refractivity contribution in [3.8, 4) is 0 Å². The molecule has 0 unspecified atom stereocenters. The number of sulfonamides is 1. The lowest BCUT2D eigenvalue weighted by molar-refractivity contribution is -0.384. The van der Waals surface area contributed by atoms with Gasteiger partial charge in [-0.1, -0.05) is 30.7 Å². The number of benzene rings is 2. The van der Waals surface area contributed by atoms with Crippen molar-refractivity contribution < 1.29 is 32.5 Å². The zero-order valence-electron chi connectivity index (χ0n) is 18.4. The van der Waals surface area contributed by atoms with E-state index in [-0.39, 0.29) is 10.6 Å². The number of halogens is 1. The summed E-state index contributed by atoms with van der Waals surface area (Å²) in [5, 5.41) is 13.6. The maximum atomic E-state index is 13.1. The number of rotatable bonds is 10. The van der Waals surface area contributed by atoms with E-state index in [1.54, 1.807) is 0 Å². The molecule has 2 aromatic carbocycles. The van der Waals surface area contributed by atoms with Crippen LogP contribution >= 0.6 is 11.6 Å². The molecule has 0 aliphatic rings. The summed E-state index contributed by atoms with van der Waals surface area (Å²) in [5.74, 6) is -3.40. The molecule has 2 rings (SSSR count). The zero-order valence-corrected chi connectivity index (χ0v) is 19.9. The third-order valence-corrected chi connectivity index (χ3v) is 6.70. The molecule has 2 aromatic rings. The van der Waals surface area contributed by atoms with Gasteiger partial charge in [-0.25, -0.2) is 13.2 Å². The van der Waals surface area contributed by atoms with Crippen LogP contribution in [0.2, 0.25) is 5.02 Å². The topological polar surface area (TPSA) is 162 Å². The van der Waals surface area contributed by atoms with Crippen LogP contribution in [0.25, 0.3) is 0 Å². The molecule has 0 saturated carbocycles. The first-order chi connectivity index (χ1) is 15.9. The van der Waals surface area contributed by atoms with Gasteiger partial charge in [-0.05, 0) is 36.8 Å². The number of carbonyl (C=O) groups excluding carboxylic acids is 3. The summed E-state index contributed by atoms with van der Waals surface area (Å²) >= 11 is 5.87. The van der Waals surface area contributed by atoms with Crippen molar-refractivity contribution in [2.45, 2.75) is 30.8 Å². The lowest BCUT2D eigenvalue weighted by atomic mass is 9.97. The number of carbonyl (C=O) groups is 3. The number of amides is 1. The van der Waals surface area contributed by atoms with Crippen LogP contribution in [-0.4, -0.2) is 44.2 Å². The van der Waals surface area contributed by atoms with E-state index in [0.717, 1.165) is 31.4 Å². The molecular weight excluding hydrogens is 490 g/mol. The summed E-state index contributed by atoms with van der Waals surface area (Å²) in [6, 6.07) is 7.02. The number of nitro groups is 1. The molecule has 0 heterocycles. The average Bonchev–Trinajstić information content (AvgIpc) is 2.80. The van der Waals surface area contributed by atoms with Crippen LogP contribution in [0.5, 0.6) is 0 Å². The van der Waals surface area contributed by atoms with E-state index in [2.05, 4.69) is 10.0 Å². The second kappa shape index (κ2) is 11.2. The molecule has 11 nitrogen and oxygen atoms in total. The van der Waals surface area contributed by atoms with Gasteiger partial charge in [0.1, 0.15) is 11.8 Å². The zero-order chi connectivity index (χ0) is 25.6. The Hall–Kier alpha value is -3.35. The van der Waals surface area contributed by atoms with Gasteiger partial charge in [0, 0.05) is 23.1 Å². The minimum atomic E-state index is -4.38. The summed E-state index contributed by atoms with van der Waals surface area (Å²) < 4.78 is 32.6. The third-order valence-electron chi connectivity index (χ3n) is 4.99. The second-order valence-electron chi connectivity index (χ2n) is 7.27. The van der Waals surface area contributed by atoms with Gasteiger partial charge in [-0.2, -0.15) is 4.72 Å². The number of nitrogens with one attached hydrogen (secondary N) is 2. The van der Waals surface area contributed by atoms with Crippen LogP contribution in [0, 0.1) is 16.0 Å². The monoisotopic (exact) mass is 511 g/mol. The van der Waals surface area contributed by atoms with Crippen LogP contribution in [0.4, 0.5) is 5.69 Å². The fourth-order valence-corrected chi connectivity index (χ4v) is 4.28. The first-order valence-corrected chi connectivity index (χ1v) is 11.6. The number of non-ortho nitro benzene ring substituents is 1. The van der Waals surface area contributed by atoms with E-state index in [1.165, 1.54) is 38.1 Å². The Bertz CT molecular complexity index is 1180. The highest BCUT2D eigenvalue weighted by Crippen LogP contribution is 2.20. The van der Waals surface area contributed by atoms with Crippen molar-refractivity contribution in [1.29, 1.82) is 0 Å². The van der Waals surface area contributed by atoms with Crippen LogP contribution in [0.15, 0.2) is 53.4 Å². The van der Waals surface area contributed by atoms with Crippen molar-refractivity contribution in [3.63, 3.8) is 0 Å². The van der Waals surface area contributed by atoms with Gasteiger partial charge in [0.25, 0.3) is 5.69 Å². The van der Waals surface area contributed by atoms with Crippen LogP contribution in [-0.2, 0) is 29.1 Å². The van der Waals surface area contributed by atoms with Crippen LogP contribution < -0.4 is 10.0 Å². The molecular formula is C21H22ClN3O8S. The molecule has 0 aliphatic carbocycles. The number of hydrogen-bond donors (Lipinski definition) is 2. The number of Topliss-reactive ketones (excluding diaryl/α,β-unsaturated/α-hetero) is 1. The molecule has 2 N–H and O–H groups in total. The Kier molecular flexibility index (Phi) is 8.85. The molecule has 0 bridgehead atoms. The number of hydrogen-bond acceptors (Lipinski definition) is 8. The molecule has 0 aromatic heterocycles. The minimum Gasteiger partial charge on any atom is -0.467 e. The number of nitro benzene ring substituents is 1. The van der Waals surface area contributed by atoms with Crippen molar-refractivity contribution in [1.82, 2.24) is 10.0 Å². The quantitative estimate of drug-likeness (QED) is 0.278. The van der Waals surface area contributed by atoms with E-state index in [4.69, 9.17) is 16.3 Å². The Balaban J connectivity index is 2.37. The van der Waals surface area contributed by atoms with Crippen LogP contribution in [0.3, 0.4) is 0 Å². The normalized spacial score (nSPS) is 13.9. The fourth-order valence-electron chi connectivity index (χ4n) is 2.88. The van der Waals surface area contributed by atoms with Crippen molar-refractivity contribution in [3.05, 3.63) is 69.2 Å². The fraction of sp³-hybridized carbons (Fsp3) is 0.286. The van der Waals surface area contributed by atoms with Gasteiger partial charge in [-0.3, -0.25) is 19.7 Å². The molecule has 0 aliphatic heterocycles. The Morgan fingerprint density at radius 2 is 1.62 bits per heavy atom. The summed E-state index contributed by atoms with van der Waals surface area (Å²) in [7, 11) is -3.26. The number of nitrogens with zero attached hydrogens (tertiary/aromatic N) is 1. The molecule has 34 heavy (non-hydrogen) atoms. The average molecular weight is 512 g/mol. The maximum Gasteiger partial charge on any atom is 0.333 e. The molecule has 1 amide bonds. The molecule has 182 valence electrons. The van der Waals surface area contributed by atoms with Gasteiger partial charge in [-0.15, -0.1) is 0 Å². The second-order valence-corrected chi connectivity index (χ2v) is 9.42. The molecule has 3 atom stereocenters. The predicted octanol–water partition coefficient (Wildman–Crippen LogP) is 2.15. The number of ether oxygens (including phenoxy) is 1. The number of esters is 1. The maximum absolute atomic E-state index is 13.1. The molecule has 0 fully saturated rings. The summed E-state index contributed by atoms with van der Waals surface area (Å²) in [6.45, 7) is 2.53. The van der Waals surface area contributed by atoms with Gasteiger partial charge in [0.2, 0.25) is 15.9 Å². The summed E-state index contributed by atoms with van der Waals surface area (Å²) in [4.78, 5) is 47.2. The highest BCUT2D eigenvalue weighted by molar-refractivity contribution is 7.89.